The van der Waals surface area contributed by atoms with Crippen LogP contribution in [0, 0.1) is 34.5 Å². The molecule has 4 N–H and O–H groups in total. The van der Waals surface area contributed by atoms with Gasteiger partial charge in [0, 0.05) is 12.5 Å². The van der Waals surface area contributed by atoms with E-state index in [0.717, 1.165) is 32.1 Å². The van der Waals surface area contributed by atoms with Crippen molar-refractivity contribution >= 4 is 11.9 Å². The Labute approximate surface area is 154 Å². The zero-order chi connectivity index (χ0) is 18.6. The Morgan fingerprint density at radius 3 is 2.31 bits per heavy atom. The van der Waals surface area contributed by atoms with Crippen LogP contribution in [0.3, 0.4) is 0 Å². The van der Waals surface area contributed by atoms with Gasteiger partial charge in [0.15, 0.2) is 0 Å². The number of hydrogen-bond donors (Lipinski definition) is 3. The number of carbonyl (C=O) groups is 2. The first kappa shape index (κ1) is 17.0. The molecule has 1 heterocycles. The van der Waals surface area contributed by atoms with Crippen LogP contribution in [0.15, 0.2) is 0 Å². The fraction of sp³-hybridized carbons (Fsp3) is 0.900. The van der Waals surface area contributed by atoms with E-state index in [1.165, 1.54) is 0 Å². The largest absolute Gasteiger partial charge is 0.480 e. The topological polar surface area (TPSA) is 104 Å². The molecule has 4 bridgehead atoms. The molecule has 5 aliphatic carbocycles. The van der Waals surface area contributed by atoms with E-state index in [2.05, 4.69) is 13.8 Å². The minimum absolute atomic E-state index is 0.000223. The highest BCUT2D eigenvalue weighted by molar-refractivity contribution is 5.89. The van der Waals surface area contributed by atoms with Crippen LogP contribution in [0.25, 0.3) is 0 Å². The van der Waals surface area contributed by atoms with Gasteiger partial charge in [0.05, 0.1) is 11.6 Å². The van der Waals surface area contributed by atoms with Gasteiger partial charge >= 0.3 is 5.97 Å². The van der Waals surface area contributed by atoms with E-state index in [0.29, 0.717) is 24.8 Å². The Morgan fingerprint density at radius 1 is 1.15 bits per heavy atom. The van der Waals surface area contributed by atoms with Crippen molar-refractivity contribution in [1.29, 1.82) is 0 Å². The Morgan fingerprint density at radius 2 is 1.77 bits per heavy atom. The lowest BCUT2D eigenvalue weighted by molar-refractivity contribution is -0.179. The van der Waals surface area contributed by atoms with E-state index in [1.54, 1.807) is 4.90 Å². The number of piperidine rings is 1. The quantitative estimate of drug-likeness (QED) is 0.700. The van der Waals surface area contributed by atoms with Crippen LogP contribution in [0.2, 0.25) is 0 Å². The summed E-state index contributed by atoms with van der Waals surface area (Å²) in [6, 6.07) is -1.44. The molecule has 5 saturated carbocycles. The second-order valence-corrected chi connectivity index (χ2v) is 10.8. The van der Waals surface area contributed by atoms with Crippen LogP contribution < -0.4 is 5.73 Å². The molecule has 1 amide bonds. The normalized spacial score (nSPS) is 51.2. The molecule has 6 rings (SSSR count). The van der Waals surface area contributed by atoms with Gasteiger partial charge in [0.2, 0.25) is 5.91 Å². The predicted molar refractivity (Wildman–Crippen MR) is 93.9 cm³/mol. The summed E-state index contributed by atoms with van der Waals surface area (Å²) in [4.78, 5) is 26.8. The van der Waals surface area contributed by atoms with Gasteiger partial charge in [-0.1, -0.05) is 13.8 Å². The van der Waals surface area contributed by atoms with Crippen molar-refractivity contribution in [3.63, 3.8) is 0 Å². The highest BCUT2D eigenvalue weighted by Gasteiger charge is 2.70. The van der Waals surface area contributed by atoms with Gasteiger partial charge in [-0.05, 0) is 67.1 Å². The van der Waals surface area contributed by atoms with Crippen molar-refractivity contribution in [1.82, 2.24) is 4.90 Å². The summed E-state index contributed by atoms with van der Waals surface area (Å²) >= 11 is 0. The third-order valence-electron chi connectivity index (χ3n) is 8.75. The number of amides is 1. The number of aliphatic carboxylic acids is 1. The maximum absolute atomic E-state index is 13.3. The van der Waals surface area contributed by atoms with Gasteiger partial charge in [-0.25, -0.2) is 4.79 Å². The summed E-state index contributed by atoms with van der Waals surface area (Å²) < 4.78 is 0. The Kier molecular flexibility index (Phi) is 3.15. The van der Waals surface area contributed by atoms with E-state index in [1.807, 2.05) is 0 Å². The Hall–Kier alpha value is -1.14. The summed E-state index contributed by atoms with van der Waals surface area (Å²) in [5.74, 6) is 0.110. The number of hydrogen-bond acceptors (Lipinski definition) is 4. The van der Waals surface area contributed by atoms with Crippen molar-refractivity contribution in [3.05, 3.63) is 0 Å². The molecule has 6 fully saturated rings. The fourth-order valence-electron chi connectivity index (χ4n) is 7.88. The third kappa shape index (κ3) is 2.06. The molecule has 6 nitrogen and oxygen atoms in total. The summed E-state index contributed by atoms with van der Waals surface area (Å²) in [7, 11) is 0. The van der Waals surface area contributed by atoms with Crippen molar-refractivity contribution in [2.75, 3.05) is 6.54 Å². The van der Waals surface area contributed by atoms with E-state index in [4.69, 9.17) is 5.73 Å². The Bertz CT molecular complexity index is 675. The van der Waals surface area contributed by atoms with Crippen LogP contribution in [0.4, 0.5) is 0 Å². The third-order valence-corrected chi connectivity index (χ3v) is 8.75. The number of carboxylic acids is 1. The lowest BCUT2D eigenvalue weighted by Gasteiger charge is -2.61. The maximum Gasteiger partial charge on any atom is 0.326 e. The van der Waals surface area contributed by atoms with Crippen LogP contribution in [0.1, 0.15) is 52.4 Å². The van der Waals surface area contributed by atoms with Gasteiger partial charge in [0.25, 0.3) is 0 Å². The van der Waals surface area contributed by atoms with Crippen LogP contribution in [-0.2, 0) is 9.59 Å². The first-order chi connectivity index (χ1) is 12.1. The summed E-state index contributed by atoms with van der Waals surface area (Å²) in [6.45, 7) is 4.69. The van der Waals surface area contributed by atoms with Crippen molar-refractivity contribution in [3.8, 4) is 0 Å². The average molecular weight is 362 g/mol. The van der Waals surface area contributed by atoms with E-state index in [9.17, 15) is 19.8 Å². The predicted octanol–water partition coefficient (Wildman–Crippen LogP) is 1.21. The van der Waals surface area contributed by atoms with Crippen molar-refractivity contribution in [2.45, 2.75) is 70.1 Å². The molecule has 1 saturated heterocycles. The number of likely N-dealkylation sites (tertiary alicyclic amines) is 1. The number of nitrogens with two attached hydrogens (primary N) is 1. The first-order valence-corrected chi connectivity index (χ1v) is 10.1. The number of nitrogens with zero attached hydrogens (tertiary/aromatic N) is 1. The van der Waals surface area contributed by atoms with Gasteiger partial charge in [-0.15, -0.1) is 0 Å². The highest BCUT2D eigenvalue weighted by atomic mass is 16.4. The number of rotatable bonds is 3. The zero-order valence-corrected chi connectivity index (χ0v) is 15.6. The van der Waals surface area contributed by atoms with Gasteiger partial charge in [-0.2, -0.15) is 0 Å². The number of carboxylic acid groups (broad SMARTS) is 1. The molecule has 26 heavy (non-hydrogen) atoms. The van der Waals surface area contributed by atoms with Gasteiger partial charge in [-0.3, -0.25) is 4.79 Å². The molecule has 6 unspecified atom stereocenters. The summed E-state index contributed by atoms with van der Waals surface area (Å²) in [5, 5.41) is 20.7. The van der Waals surface area contributed by atoms with Crippen LogP contribution >= 0.6 is 0 Å². The lowest BCUT2D eigenvalue weighted by Crippen LogP contribution is -2.65. The molecule has 6 atom stereocenters. The number of aliphatic hydroxyl groups is 1. The van der Waals surface area contributed by atoms with E-state index < -0.39 is 23.7 Å². The summed E-state index contributed by atoms with van der Waals surface area (Å²) in [6.07, 6.45) is 5.23. The van der Waals surface area contributed by atoms with Gasteiger partial charge < -0.3 is 20.8 Å². The molecule has 0 radical (unpaired) electrons. The molecule has 0 aromatic heterocycles. The molecule has 6 heteroatoms. The SMILES string of the molecule is CC1(C)C2CN(C(=O)C(N)C34CC5CC(CC(O)(C5)C3)C4)C(C(=O)O)C21. The monoisotopic (exact) mass is 362 g/mol. The molecule has 1 aliphatic heterocycles. The standard InChI is InChI=1S/C20H30N2O4/c1-18(2)12-8-22(14(13(12)18)17(24)25)16(23)15(21)19-4-10-3-11(5-19)7-20(26,6-10)9-19/h10-15,26H,3-9,21H2,1-2H3,(H,24,25). The van der Waals surface area contributed by atoms with E-state index >= 15 is 0 Å². The number of fused-ring (bicyclic) bond motifs is 1. The molecular weight excluding hydrogens is 332 g/mol. The fourth-order valence-corrected chi connectivity index (χ4v) is 7.88. The lowest BCUT2D eigenvalue weighted by atomic mass is 9.46. The Balaban J connectivity index is 1.40. The minimum Gasteiger partial charge on any atom is -0.480 e. The molecular formula is C20H30N2O4. The summed E-state index contributed by atoms with van der Waals surface area (Å²) in [5.41, 5.74) is 5.54. The highest BCUT2D eigenvalue weighted by Crippen LogP contribution is 2.66. The molecule has 0 aromatic rings. The first-order valence-electron chi connectivity index (χ1n) is 10.1. The molecule has 144 valence electrons. The maximum atomic E-state index is 13.3. The van der Waals surface area contributed by atoms with E-state index in [-0.39, 0.29) is 28.6 Å². The van der Waals surface area contributed by atoms with Gasteiger partial charge in [0.1, 0.15) is 6.04 Å². The second kappa shape index (κ2) is 4.82. The smallest absolute Gasteiger partial charge is 0.326 e. The molecule has 0 aromatic carbocycles. The number of carbonyl (C=O) groups excluding carboxylic acids is 1. The van der Waals surface area contributed by atoms with Crippen molar-refractivity contribution < 1.29 is 19.8 Å². The average Bonchev–Trinajstić information content (AvgIpc) is 2.90. The molecule has 6 aliphatic rings. The second-order valence-electron chi connectivity index (χ2n) is 10.8. The van der Waals surface area contributed by atoms with Crippen LogP contribution in [-0.4, -0.2) is 51.2 Å². The molecule has 0 spiro atoms. The zero-order valence-electron chi connectivity index (χ0n) is 15.6. The van der Waals surface area contributed by atoms with Crippen molar-refractivity contribution in [2.24, 2.45) is 40.2 Å². The minimum atomic E-state index is -0.909. The van der Waals surface area contributed by atoms with Crippen LogP contribution in [0.5, 0.6) is 0 Å².